The Hall–Kier alpha value is -2.53. The minimum atomic E-state index is -0.759. The van der Waals surface area contributed by atoms with Crippen LogP contribution in [0.5, 0.6) is 0 Å². The second-order valence-corrected chi connectivity index (χ2v) is 9.80. The predicted molar refractivity (Wildman–Crippen MR) is 144 cm³/mol. The fourth-order valence-corrected chi connectivity index (χ4v) is 4.50. The number of halogens is 3. The molecule has 0 heterocycles. The summed E-state index contributed by atoms with van der Waals surface area (Å²) in [7, 11) is 0. The van der Waals surface area contributed by atoms with Gasteiger partial charge >= 0.3 is 0 Å². The minimum absolute atomic E-state index is 0.0328. The smallest absolute Gasteiger partial charge is 0.243 e. The molecule has 2 atom stereocenters. The lowest BCUT2D eigenvalue weighted by Crippen LogP contribution is -2.52. The molecule has 0 aromatic heterocycles. The van der Waals surface area contributed by atoms with Crippen molar-refractivity contribution in [2.24, 2.45) is 0 Å². The zero-order valence-corrected chi connectivity index (χ0v) is 22.1. The van der Waals surface area contributed by atoms with Crippen LogP contribution in [0.3, 0.4) is 0 Å². The quantitative estimate of drug-likeness (QED) is 0.315. The first-order valence-electron chi connectivity index (χ1n) is 11.6. The molecule has 0 aliphatic heterocycles. The van der Waals surface area contributed by atoms with Crippen LogP contribution in [0.4, 0.5) is 0 Å². The van der Waals surface area contributed by atoms with Crippen LogP contribution in [0.15, 0.2) is 72.8 Å². The Balaban J connectivity index is 2.02. The molecule has 3 aromatic carbocycles. The topological polar surface area (TPSA) is 49.4 Å². The van der Waals surface area contributed by atoms with E-state index in [1.54, 1.807) is 41.3 Å². The first-order chi connectivity index (χ1) is 16.8. The average Bonchev–Trinajstić information content (AvgIpc) is 2.83. The van der Waals surface area contributed by atoms with Gasteiger partial charge in [-0.25, -0.2) is 0 Å². The summed E-state index contributed by atoms with van der Waals surface area (Å²) >= 11 is 19.1. The van der Waals surface area contributed by atoms with Gasteiger partial charge in [0.15, 0.2) is 0 Å². The van der Waals surface area contributed by atoms with Crippen molar-refractivity contribution in [3.8, 4) is 0 Å². The standard InChI is InChI=1S/C28H29Cl3N2O2/c1-3-19(2)32-28(35)26(16-20-9-5-4-6-10-20)33(18-23-24(30)13-8-14-25(23)31)27(34)17-21-11-7-12-22(29)15-21/h4-15,19,26H,3,16-18H2,1-2H3,(H,32,35). The van der Waals surface area contributed by atoms with Gasteiger partial charge in [-0.15, -0.1) is 0 Å². The number of hydrogen-bond donors (Lipinski definition) is 1. The molecule has 0 fully saturated rings. The number of nitrogens with one attached hydrogen (secondary N) is 1. The van der Waals surface area contributed by atoms with Gasteiger partial charge in [-0.05, 0) is 48.7 Å². The van der Waals surface area contributed by atoms with Crippen LogP contribution in [0.2, 0.25) is 15.1 Å². The molecular weight excluding hydrogens is 503 g/mol. The van der Waals surface area contributed by atoms with E-state index in [-0.39, 0.29) is 30.8 Å². The molecule has 3 aromatic rings. The van der Waals surface area contributed by atoms with Gasteiger partial charge in [-0.3, -0.25) is 9.59 Å². The third kappa shape index (κ3) is 7.73. The number of carbonyl (C=O) groups is 2. The predicted octanol–water partition coefficient (Wildman–Crippen LogP) is 6.74. The number of amides is 2. The van der Waals surface area contributed by atoms with E-state index in [1.807, 2.05) is 50.2 Å². The molecule has 0 bridgehead atoms. The number of rotatable bonds is 10. The Morgan fingerprint density at radius 1 is 0.886 bits per heavy atom. The second kappa shape index (κ2) is 13.0. The molecule has 2 unspecified atom stereocenters. The summed E-state index contributed by atoms with van der Waals surface area (Å²) in [6.45, 7) is 4.05. The minimum Gasteiger partial charge on any atom is -0.352 e. The van der Waals surface area contributed by atoms with Crippen LogP contribution in [0.1, 0.15) is 37.0 Å². The van der Waals surface area contributed by atoms with Crippen LogP contribution in [0.25, 0.3) is 0 Å². The van der Waals surface area contributed by atoms with Gasteiger partial charge in [0.2, 0.25) is 11.8 Å². The number of hydrogen-bond acceptors (Lipinski definition) is 2. The van der Waals surface area contributed by atoms with E-state index in [2.05, 4.69) is 5.32 Å². The second-order valence-electron chi connectivity index (χ2n) is 8.55. The highest BCUT2D eigenvalue weighted by atomic mass is 35.5. The van der Waals surface area contributed by atoms with Gasteiger partial charge in [-0.2, -0.15) is 0 Å². The molecule has 0 aliphatic carbocycles. The maximum absolute atomic E-state index is 13.8. The van der Waals surface area contributed by atoms with E-state index in [9.17, 15) is 9.59 Å². The van der Waals surface area contributed by atoms with Crippen LogP contribution < -0.4 is 5.32 Å². The molecule has 7 heteroatoms. The molecule has 3 rings (SSSR count). The van der Waals surface area contributed by atoms with Crippen LogP contribution in [-0.2, 0) is 29.0 Å². The molecule has 0 saturated carbocycles. The van der Waals surface area contributed by atoms with Crippen molar-refractivity contribution in [2.45, 2.75) is 51.7 Å². The van der Waals surface area contributed by atoms with E-state index in [4.69, 9.17) is 34.8 Å². The zero-order valence-electron chi connectivity index (χ0n) is 19.8. The Morgan fingerprint density at radius 2 is 1.51 bits per heavy atom. The molecule has 2 amide bonds. The first-order valence-corrected chi connectivity index (χ1v) is 12.7. The fraction of sp³-hybridized carbons (Fsp3) is 0.286. The van der Waals surface area contributed by atoms with Gasteiger partial charge < -0.3 is 10.2 Å². The summed E-state index contributed by atoms with van der Waals surface area (Å²) in [4.78, 5) is 28.9. The lowest BCUT2D eigenvalue weighted by molar-refractivity contribution is -0.141. The molecule has 4 nitrogen and oxygen atoms in total. The highest BCUT2D eigenvalue weighted by Gasteiger charge is 2.31. The van der Waals surface area contributed by atoms with Crippen molar-refractivity contribution in [1.29, 1.82) is 0 Å². The van der Waals surface area contributed by atoms with E-state index >= 15 is 0 Å². The average molecular weight is 532 g/mol. The van der Waals surface area contributed by atoms with E-state index < -0.39 is 6.04 Å². The van der Waals surface area contributed by atoms with Crippen molar-refractivity contribution in [1.82, 2.24) is 10.2 Å². The van der Waals surface area contributed by atoms with Crippen molar-refractivity contribution in [2.75, 3.05) is 0 Å². The molecule has 0 saturated heterocycles. The van der Waals surface area contributed by atoms with Gasteiger partial charge in [-0.1, -0.05) is 90.3 Å². The van der Waals surface area contributed by atoms with E-state index in [1.165, 1.54) is 0 Å². The summed E-state index contributed by atoms with van der Waals surface area (Å²) in [6.07, 6.45) is 1.22. The normalized spacial score (nSPS) is 12.6. The molecule has 1 N–H and O–H groups in total. The van der Waals surface area contributed by atoms with Gasteiger partial charge in [0.1, 0.15) is 6.04 Å². The maximum atomic E-state index is 13.8. The third-order valence-electron chi connectivity index (χ3n) is 5.91. The van der Waals surface area contributed by atoms with Crippen molar-refractivity contribution in [3.63, 3.8) is 0 Å². The number of benzene rings is 3. The molecule has 0 spiro atoms. The summed E-state index contributed by atoms with van der Waals surface area (Å²) < 4.78 is 0. The Morgan fingerprint density at radius 3 is 2.14 bits per heavy atom. The molecule has 35 heavy (non-hydrogen) atoms. The zero-order chi connectivity index (χ0) is 25.4. The molecule has 0 radical (unpaired) electrons. The SMILES string of the molecule is CCC(C)NC(=O)C(Cc1ccccc1)N(Cc1c(Cl)cccc1Cl)C(=O)Cc1cccc(Cl)c1. The largest absolute Gasteiger partial charge is 0.352 e. The van der Waals surface area contributed by atoms with Gasteiger partial charge in [0.25, 0.3) is 0 Å². The van der Waals surface area contributed by atoms with Crippen molar-refractivity contribution < 1.29 is 9.59 Å². The van der Waals surface area contributed by atoms with Gasteiger partial charge in [0.05, 0.1) is 6.42 Å². The first kappa shape index (κ1) is 27.1. The summed E-state index contributed by atoms with van der Waals surface area (Å²) in [5.74, 6) is -0.436. The fourth-order valence-electron chi connectivity index (χ4n) is 3.77. The Bertz CT molecular complexity index is 1130. The monoisotopic (exact) mass is 530 g/mol. The summed E-state index contributed by atoms with van der Waals surface area (Å²) in [6, 6.07) is 21.2. The van der Waals surface area contributed by atoms with E-state index in [0.29, 0.717) is 27.1 Å². The number of carbonyl (C=O) groups excluding carboxylic acids is 2. The van der Waals surface area contributed by atoms with Crippen molar-refractivity contribution in [3.05, 3.63) is 105 Å². The highest BCUT2D eigenvalue weighted by Crippen LogP contribution is 2.28. The number of nitrogens with zero attached hydrogens (tertiary/aromatic N) is 1. The highest BCUT2D eigenvalue weighted by molar-refractivity contribution is 6.36. The summed E-state index contributed by atoms with van der Waals surface area (Å²) in [5.41, 5.74) is 2.31. The van der Waals surface area contributed by atoms with Crippen LogP contribution in [0, 0.1) is 0 Å². The lowest BCUT2D eigenvalue weighted by atomic mass is 10.0. The van der Waals surface area contributed by atoms with E-state index in [0.717, 1.165) is 17.5 Å². The Kier molecular flexibility index (Phi) is 10.0. The maximum Gasteiger partial charge on any atom is 0.243 e. The lowest BCUT2D eigenvalue weighted by Gasteiger charge is -2.33. The molecule has 184 valence electrons. The van der Waals surface area contributed by atoms with Crippen molar-refractivity contribution >= 4 is 46.6 Å². The van der Waals surface area contributed by atoms with Gasteiger partial charge in [0, 0.05) is 39.6 Å². The van der Waals surface area contributed by atoms with Crippen LogP contribution >= 0.6 is 34.8 Å². The third-order valence-corrected chi connectivity index (χ3v) is 6.85. The Labute approximate surface area is 222 Å². The van der Waals surface area contributed by atoms with Crippen LogP contribution in [-0.4, -0.2) is 28.8 Å². The molecular formula is C28H29Cl3N2O2. The summed E-state index contributed by atoms with van der Waals surface area (Å²) in [5, 5.41) is 4.49. The molecule has 0 aliphatic rings.